The fourth-order valence-corrected chi connectivity index (χ4v) is 0. The van der Waals surface area contributed by atoms with Crippen LogP contribution < -0.4 is 0 Å². The zero-order valence-corrected chi connectivity index (χ0v) is 5.62. The molecule has 0 aliphatic carbocycles. The Morgan fingerprint density at radius 3 is 0.500 bits per heavy atom. The van der Waals surface area contributed by atoms with E-state index in [4.69, 9.17) is 0 Å². The largest absolute Gasteiger partial charge is 0.412 e. The molecule has 0 amide bonds. The van der Waals surface area contributed by atoms with Crippen LogP contribution in [0.15, 0.2) is 0 Å². The van der Waals surface area contributed by atoms with E-state index < -0.39 is 0 Å². The van der Waals surface area contributed by atoms with Gasteiger partial charge in [-0.1, -0.05) is 0 Å². The molecule has 0 bridgehead atoms. The summed E-state index contributed by atoms with van der Waals surface area (Å²) in [4.78, 5) is 0. The molecular weight excluding hydrogens is 87.1 g/mol. The van der Waals surface area contributed by atoms with Gasteiger partial charge in [0.1, 0.15) is 0 Å². The third-order valence-electron chi connectivity index (χ3n) is 0. The minimum absolute atomic E-state index is 0. The second-order valence-corrected chi connectivity index (χ2v) is 0. The molecule has 25 valence electrons. The van der Waals surface area contributed by atoms with Crippen molar-refractivity contribution in [1.29, 1.82) is 0 Å². The fraction of sp³-hybridized carbons (Fsp3) is 0. The van der Waals surface area contributed by atoms with Crippen molar-refractivity contribution in [3.8, 4) is 0 Å². The second-order valence-electron chi connectivity index (χ2n) is 0. The Kier molecular flexibility index (Phi) is 297. The van der Waals surface area contributed by atoms with Gasteiger partial charge in [0.2, 0.25) is 0 Å². The number of hydrogen-bond acceptors (Lipinski definition) is 0. The van der Waals surface area contributed by atoms with E-state index in [1.165, 1.54) is 0 Å². The van der Waals surface area contributed by atoms with Crippen LogP contribution in [-0.2, 0) is 0 Å². The maximum absolute atomic E-state index is 0. The van der Waals surface area contributed by atoms with Crippen molar-refractivity contribution in [2.24, 2.45) is 0 Å². The van der Waals surface area contributed by atoms with Crippen LogP contribution in [0.3, 0.4) is 0 Å². The van der Waals surface area contributed by atoms with Crippen molar-refractivity contribution in [1.82, 2.24) is 0 Å². The summed E-state index contributed by atoms with van der Waals surface area (Å²) in [5.74, 6) is 0. The molecular formula is H6KO3. The maximum atomic E-state index is 0. The molecule has 0 heterocycles. The van der Waals surface area contributed by atoms with Gasteiger partial charge in [0, 0.05) is 51.4 Å². The first-order valence-electron chi connectivity index (χ1n) is 0. The Hall–Kier alpha value is 1.52. The summed E-state index contributed by atoms with van der Waals surface area (Å²) in [5.41, 5.74) is 0. The average Bonchev–Trinajstić information content (AvgIpc) is 0. The van der Waals surface area contributed by atoms with Crippen LogP contribution in [0.2, 0.25) is 0 Å². The van der Waals surface area contributed by atoms with E-state index in [9.17, 15) is 0 Å². The summed E-state index contributed by atoms with van der Waals surface area (Å²) in [6, 6.07) is 0. The van der Waals surface area contributed by atoms with Gasteiger partial charge < -0.3 is 16.4 Å². The molecule has 0 fully saturated rings. The molecule has 4 heavy (non-hydrogen) atoms. The van der Waals surface area contributed by atoms with Gasteiger partial charge in [-0.2, -0.15) is 0 Å². The third-order valence-corrected chi connectivity index (χ3v) is 0. The summed E-state index contributed by atoms with van der Waals surface area (Å²) < 4.78 is 0. The van der Waals surface area contributed by atoms with Crippen molar-refractivity contribution in [3.05, 3.63) is 0 Å². The van der Waals surface area contributed by atoms with E-state index in [1.54, 1.807) is 0 Å². The first-order chi connectivity index (χ1) is 0. The Balaban J connectivity index is 0. The van der Waals surface area contributed by atoms with Gasteiger partial charge >= 0.3 is 0 Å². The molecule has 6 N–H and O–H groups in total. The molecule has 0 saturated heterocycles. The van der Waals surface area contributed by atoms with E-state index in [0.29, 0.717) is 0 Å². The third kappa shape index (κ3) is 9.68. The Morgan fingerprint density at radius 1 is 0.500 bits per heavy atom. The average molecular weight is 93.1 g/mol. The normalized spacial score (nSPS) is 0. The van der Waals surface area contributed by atoms with E-state index in [1.807, 2.05) is 0 Å². The minimum atomic E-state index is 0. The van der Waals surface area contributed by atoms with Gasteiger partial charge in [0.15, 0.2) is 0 Å². The number of hydrogen-bond donors (Lipinski definition) is 0. The quantitative estimate of drug-likeness (QED) is 0.288. The molecule has 3 nitrogen and oxygen atoms in total. The Labute approximate surface area is 66.7 Å². The van der Waals surface area contributed by atoms with Gasteiger partial charge in [0.05, 0.1) is 0 Å². The summed E-state index contributed by atoms with van der Waals surface area (Å²) in [6.07, 6.45) is 0. The standard InChI is InChI=1S/K.3H2O/h;3*1H2. The summed E-state index contributed by atoms with van der Waals surface area (Å²) in [6.45, 7) is 0. The zero-order chi connectivity index (χ0) is 0. The van der Waals surface area contributed by atoms with Crippen molar-refractivity contribution < 1.29 is 16.4 Å². The molecule has 0 atom stereocenters. The van der Waals surface area contributed by atoms with Crippen LogP contribution in [0.5, 0.6) is 0 Å². The van der Waals surface area contributed by atoms with Crippen molar-refractivity contribution in [3.63, 3.8) is 0 Å². The van der Waals surface area contributed by atoms with Gasteiger partial charge in [-0.05, 0) is 0 Å². The SMILES string of the molecule is O.O.O.[K]. The van der Waals surface area contributed by atoms with E-state index in [-0.39, 0.29) is 67.8 Å². The first-order valence-corrected chi connectivity index (χ1v) is 0. The molecule has 0 rings (SSSR count). The fourth-order valence-electron chi connectivity index (χ4n) is 0. The van der Waals surface area contributed by atoms with E-state index >= 15 is 0 Å². The van der Waals surface area contributed by atoms with Crippen molar-refractivity contribution >= 4 is 51.4 Å². The number of rotatable bonds is 0. The molecule has 0 aromatic rings. The van der Waals surface area contributed by atoms with Crippen LogP contribution in [-0.4, -0.2) is 67.8 Å². The van der Waals surface area contributed by atoms with Gasteiger partial charge in [-0.15, -0.1) is 0 Å². The predicted octanol–water partition coefficient (Wildman–Crippen LogP) is -2.85. The molecule has 0 aromatic heterocycles. The summed E-state index contributed by atoms with van der Waals surface area (Å²) >= 11 is 0. The molecule has 0 saturated carbocycles. The van der Waals surface area contributed by atoms with Gasteiger partial charge in [-0.3, -0.25) is 0 Å². The van der Waals surface area contributed by atoms with Crippen molar-refractivity contribution in [2.45, 2.75) is 0 Å². The van der Waals surface area contributed by atoms with Gasteiger partial charge in [0.25, 0.3) is 0 Å². The van der Waals surface area contributed by atoms with Crippen molar-refractivity contribution in [2.75, 3.05) is 0 Å². The van der Waals surface area contributed by atoms with Crippen LogP contribution in [0.4, 0.5) is 0 Å². The van der Waals surface area contributed by atoms with Crippen LogP contribution in [0.1, 0.15) is 0 Å². The Bertz CT molecular complexity index is 3.25. The molecule has 0 spiro atoms. The topological polar surface area (TPSA) is 94.5 Å². The molecule has 0 unspecified atom stereocenters. The van der Waals surface area contributed by atoms with E-state index in [2.05, 4.69) is 0 Å². The summed E-state index contributed by atoms with van der Waals surface area (Å²) in [7, 11) is 0. The molecule has 0 aromatic carbocycles. The van der Waals surface area contributed by atoms with Crippen LogP contribution >= 0.6 is 0 Å². The first kappa shape index (κ1) is 48.9. The maximum Gasteiger partial charge on any atom is 0 e. The molecule has 0 aliphatic heterocycles. The monoisotopic (exact) mass is 93.0 g/mol. The molecule has 0 aliphatic rings. The predicted molar refractivity (Wildman–Crippen MR) is 16.6 cm³/mol. The Morgan fingerprint density at radius 2 is 0.500 bits per heavy atom. The zero-order valence-electron chi connectivity index (χ0n) is 2.50. The second kappa shape index (κ2) is 24.3. The minimum Gasteiger partial charge on any atom is -0.412 e. The van der Waals surface area contributed by atoms with E-state index in [0.717, 1.165) is 0 Å². The van der Waals surface area contributed by atoms with Crippen LogP contribution in [0.25, 0.3) is 0 Å². The summed E-state index contributed by atoms with van der Waals surface area (Å²) in [5, 5.41) is 0. The smallest absolute Gasteiger partial charge is 0 e. The van der Waals surface area contributed by atoms with Gasteiger partial charge in [-0.25, -0.2) is 0 Å². The molecule has 4 heteroatoms. The van der Waals surface area contributed by atoms with Crippen LogP contribution in [0, 0.1) is 0 Å². The molecule has 1 radical (unpaired) electrons.